The third kappa shape index (κ3) is 3.69. The lowest BCUT2D eigenvalue weighted by Crippen LogP contribution is -2.67. The van der Waals surface area contributed by atoms with Gasteiger partial charge < -0.3 is 4.43 Å². The van der Waals surface area contributed by atoms with E-state index in [9.17, 15) is 9.59 Å². The van der Waals surface area contributed by atoms with Crippen LogP contribution in [0.4, 0.5) is 9.59 Å². The summed E-state index contributed by atoms with van der Waals surface area (Å²) in [5.74, 6) is 0. The van der Waals surface area contributed by atoms with Crippen LogP contribution < -0.4 is 0 Å². The number of carbonyl (C=O) groups excluding carboxylic acids is 2. The van der Waals surface area contributed by atoms with E-state index in [1.807, 2.05) is 25.7 Å². The normalized spacial score (nSPS) is 23.7. The third-order valence-corrected chi connectivity index (χ3v) is 6.75. The lowest BCUT2D eigenvalue weighted by molar-refractivity contribution is -0.00657. The van der Waals surface area contributed by atoms with Gasteiger partial charge in [0.15, 0.2) is 15.3 Å². The van der Waals surface area contributed by atoms with Crippen LogP contribution >= 0.6 is 0 Å². The Morgan fingerprint density at radius 1 is 1.13 bits per heavy atom. The fraction of sp³-hybridized carbons (Fsp3) is 0.867. The van der Waals surface area contributed by atoms with E-state index in [1.165, 1.54) is 4.90 Å². The Morgan fingerprint density at radius 3 is 2.48 bits per heavy atom. The van der Waals surface area contributed by atoms with Crippen LogP contribution in [0.1, 0.15) is 27.2 Å². The van der Waals surface area contributed by atoms with Gasteiger partial charge in [0.25, 0.3) is 0 Å². The molecule has 0 saturated carbocycles. The van der Waals surface area contributed by atoms with Crippen LogP contribution in [0.5, 0.6) is 0 Å². The highest BCUT2D eigenvalue weighted by atomic mass is 28.3. The second-order valence-electron chi connectivity index (χ2n) is 6.08. The number of urea groups is 2. The molecule has 0 aliphatic carbocycles. The van der Waals surface area contributed by atoms with Gasteiger partial charge in [0.1, 0.15) is 0 Å². The van der Waals surface area contributed by atoms with Gasteiger partial charge in [-0.1, -0.05) is 0 Å². The number of imide groups is 1. The highest BCUT2D eigenvalue weighted by Gasteiger charge is 2.48. The average Bonchev–Trinajstić information content (AvgIpc) is 2.93. The van der Waals surface area contributed by atoms with Crippen molar-refractivity contribution in [3.63, 3.8) is 0 Å². The van der Waals surface area contributed by atoms with E-state index in [0.29, 0.717) is 19.6 Å². The van der Waals surface area contributed by atoms with Crippen LogP contribution in [0.15, 0.2) is 0 Å². The van der Waals surface area contributed by atoms with Crippen molar-refractivity contribution in [1.29, 1.82) is 0 Å². The Kier molecular flexibility index (Phi) is 6.43. The molecule has 2 unspecified atom stereocenters. The molecule has 2 heterocycles. The maximum atomic E-state index is 12.5. The summed E-state index contributed by atoms with van der Waals surface area (Å²) in [7, 11) is -1.06. The number of hydrogen-bond donors (Lipinski definition) is 0. The number of rotatable bonds is 8. The summed E-state index contributed by atoms with van der Waals surface area (Å²) in [5, 5.41) is 0. The van der Waals surface area contributed by atoms with Gasteiger partial charge >= 0.3 is 12.1 Å². The lowest BCUT2D eigenvalue weighted by atomic mass is 10.3. The minimum absolute atomic E-state index is 0.147. The van der Waals surface area contributed by atoms with Crippen molar-refractivity contribution in [2.45, 2.75) is 46.1 Å². The number of hydrogen-bond acceptors (Lipinski definition) is 4. The predicted molar refractivity (Wildman–Crippen MR) is 91.7 cm³/mol. The standard InChI is InChI=1S/C15H30N4O3Si/c1-5-17-13-16(9-8-12-23(4)22-7-3)10-11-19(13)15(21)18(6-2)14(17)20/h13,23H,5-12H2,1-4H3. The molecule has 7 nitrogen and oxygen atoms in total. The Bertz CT molecular complexity index is 437. The van der Waals surface area contributed by atoms with E-state index in [4.69, 9.17) is 4.43 Å². The topological polar surface area (TPSA) is 56.3 Å². The zero-order chi connectivity index (χ0) is 17.0. The first-order chi connectivity index (χ1) is 11.0. The Balaban J connectivity index is 1.99. The zero-order valence-corrected chi connectivity index (χ0v) is 16.0. The van der Waals surface area contributed by atoms with E-state index in [1.54, 1.807) is 4.90 Å². The minimum Gasteiger partial charge on any atom is -0.421 e. The number of fused-ring (bicyclic) bond motifs is 1. The summed E-state index contributed by atoms with van der Waals surface area (Å²) in [6.07, 6.45) is 0.863. The smallest absolute Gasteiger partial charge is 0.330 e. The molecule has 0 aromatic carbocycles. The molecule has 23 heavy (non-hydrogen) atoms. The first-order valence-electron chi connectivity index (χ1n) is 8.79. The SMILES string of the molecule is CCO[SiH](C)CCCN1CCN2C(=O)N(CC)C(=O)N(CC)C12. The van der Waals surface area contributed by atoms with Gasteiger partial charge in [0.2, 0.25) is 0 Å². The van der Waals surface area contributed by atoms with E-state index >= 15 is 0 Å². The molecule has 0 N–H and O–H groups in total. The molecule has 132 valence electrons. The fourth-order valence-corrected chi connectivity index (χ4v) is 4.95. The van der Waals surface area contributed by atoms with Crippen molar-refractivity contribution in [3.8, 4) is 0 Å². The van der Waals surface area contributed by atoms with Crippen LogP contribution in [-0.4, -0.2) is 86.3 Å². The molecule has 8 heteroatoms. The van der Waals surface area contributed by atoms with Gasteiger partial charge in [-0.3, -0.25) is 14.7 Å². The van der Waals surface area contributed by atoms with Crippen LogP contribution in [-0.2, 0) is 4.43 Å². The summed E-state index contributed by atoms with van der Waals surface area (Å²) < 4.78 is 5.70. The second-order valence-corrected chi connectivity index (χ2v) is 8.61. The first-order valence-corrected chi connectivity index (χ1v) is 11.2. The van der Waals surface area contributed by atoms with Gasteiger partial charge in [-0.25, -0.2) is 14.5 Å². The average molecular weight is 343 g/mol. The monoisotopic (exact) mass is 342 g/mol. The summed E-state index contributed by atoms with van der Waals surface area (Å²) in [5.41, 5.74) is 0. The number of carbonyl (C=O) groups is 2. The third-order valence-electron chi connectivity index (χ3n) is 4.63. The number of nitrogens with zero attached hydrogens (tertiary/aromatic N) is 4. The van der Waals surface area contributed by atoms with Crippen LogP contribution in [0.25, 0.3) is 0 Å². The summed E-state index contributed by atoms with van der Waals surface area (Å²) >= 11 is 0. The molecule has 0 radical (unpaired) electrons. The molecular formula is C15H30N4O3Si. The summed E-state index contributed by atoms with van der Waals surface area (Å²) in [6, 6.07) is 0.823. The summed E-state index contributed by atoms with van der Waals surface area (Å²) in [4.78, 5) is 32.2. The van der Waals surface area contributed by atoms with Crippen molar-refractivity contribution in [3.05, 3.63) is 0 Å². The van der Waals surface area contributed by atoms with Crippen molar-refractivity contribution in [1.82, 2.24) is 19.6 Å². The summed E-state index contributed by atoms with van der Waals surface area (Å²) in [6.45, 7) is 12.4. The molecule has 0 aromatic heterocycles. The van der Waals surface area contributed by atoms with Gasteiger partial charge in [0, 0.05) is 39.3 Å². The van der Waals surface area contributed by atoms with Crippen LogP contribution in [0.2, 0.25) is 12.6 Å². The van der Waals surface area contributed by atoms with E-state index in [0.717, 1.165) is 32.2 Å². The maximum Gasteiger partial charge on any atom is 0.330 e. The minimum atomic E-state index is -1.06. The molecule has 2 atom stereocenters. The lowest BCUT2D eigenvalue weighted by Gasteiger charge is -2.45. The highest BCUT2D eigenvalue weighted by Crippen LogP contribution is 2.26. The second kappa shape index (κ2) is 8.12. The first kappa shape index (κ1) is 18.2. The van der Waals surface area contributed by atoms with Crippen molar-refractivity contribution >= 4 is 21.1 Å². The molecule has 2 rings (SSSR count). The molecular weight excluding hydrogens is 312 g/mol. The van der Waals surface area contributed by atoms with Crippen LogP contribution in [0, 0.1) is 0 Å². The molecule has 4 amide bonds. The molecule has 2 saturated heterocycles. The Morgan fingerprint density at radius 2 is 1.87 bits per heavy atom. The van der Waals surface area contributed by atoms with Gasteiger partial charge in [-0.2, -0.15) is 0 Å². The van der Waals surface area contributed by atoms with Crippen molar-refractivity contribution in [2.24, 2.45) is 0 Å². The predicted octanol–water partition coefficient (Wildman–Crippen LogP) is 1.57. The number of amides is 4. The Labute approximate surface area is 140 Å². The van der Waals surface area contributed by atoms with Crippen molar-refractivity contribution in [2.75, 3.05) is 39.3 Å². The molecule has 2 fully saturated rings. The van der Waals surface area contributed by atoms with Crippen molar-refractivity contribution < 1.29 is 14.0 Å². The van der Waals surface area contributed by atoms with E-state index in [-0.39, 0.29) is 18.4 Å². The molecule has 0 aromatic rings. The van der Waals surface area contributed by atoms with E-state index in [2.05, 4.69) is 11.4 Å². The van der Waals surface area contributed by atoms with E-state index < -0.39 is 9.04 Å². The largest absolute Gasteiger partial charge is 0.421 e. The zero-order valence-electron chi connectivity index (χ0n) is 14.8. The molecule has 0 bridgehead atoms. The van der Waals surface area contributed by atoms with Crippen LogP contribution in [0.3, 0.4) is 0 Å². The fourth-order valence-electron chi connectivity index (χ4n) is 3.46. The maximum absolute atomic E-state index is 12.5. The quantitative estimate of drug-likeness (QED) is 0.628. The van der Waals surface area contributed by atoms with Gasteiger partial charge in [-0.05, 0) is 39.8 Å². The molecule has 0 spiro atoms. The molecule has 2 aliphatic rings. The highest BCUT2D eigenvalue weighted by molar-refractivity contribution is 6.50. The van der Waals surface area contributed by atoms with Gasteiger partial charge in [-0.15, -0.1) is 0 Å². The molecule has 2 aliphatic heterocycles. The Hall–Kier alpha value is -1.12. The van der Waals surface area contributed by atoms with Gasteiger partial charge in [0.05, 0.1) is 0 Å².